The maximum atomic E-state index is 14.4. The van der Waals surface area contributed by atoms with Crippen LogP contribution < -0.4 is 24.6 Å². The number of aromatic nitrogens is 2. The Morgan fingerprint density at radius 3 is 2.55 bits per heavy atom. The van der Waals surface area contributed by atoms with Crippen molar-refractivity contribution in [2.75, 3.05) is 87.4 Å². The second kappa shape index (κ2) is 17.6. The van der Waals surface area contributed by atoms with Crippen molar-refractivity contribution in [3.8, 4) is 5.88 Å². The van der Waals surface area contributed by atoms with Crippen molar-refractivity contribution in [2.24, 2.45) is 10.8 Å². The predicted octanol–water partition coefficient (Wildman–Crippen LogP) is 7.91. The van der Waals surface area contributed by atoms with Crippen LogP contribution in [-0.4, -0.2) is 117 Å². The van der Waals surface area contributed by atoms with Gasteiger partial charge in [0.15, 0.2) is 0 Å². The molecule has 66 heavy (non-hydrogen) atoms. The van der Waals surface area contributed by atoms with Gasteiger partial charge >= 0.3 is 0 Å². The van der Waals surface area contributed by atoms with Crippen LogP contribution in [0.15, 0.2) is 70.8 Å². The zero-order chi connectivity index (χ0) is 45.8. The second-order valence-electron chi connectivity index (χ2n) is 19.9. The van der Waals surface area contributed by atoms with Gasteiger partial charge in [-0.1, -0.05) is 25.0 Å². The van der Waals surface area contributed by atoms with Gasteiger partial charge in [-0.05, 0) is 111 Å². The fraction of sp³-hybridized carbons (Fsp3) is 0.542. The van der Waals surface area contributed by atoms with Gasteiger partial charge < -0.3 is 34.3 Å². The van der Waals surface area contributed by atoms with Gasteiger partial charge in [-0.15, -0.1) is 11.6 Å². The van der Waals surface area contributed by atoms with Gasteiger partial charge in [-0.3, -0.25) is 19.8 Å². The van der Waals surface area contributed by atoms with E-state index in [1.807, 2.05) is 29.2 Å². The number of amides is 1. The normalized spacial score (nSPS) is 25.7. The van der Waals surface area contributed by atoms with Gasteiger partial charge in [0.05, 0.1) is 53.6 Å². The summed E-state index contributed by atoms with van der Waals surface area (Å²) < 4.78 is 47.3. The van der Waals surface area contributed by atoms with Gasteiger partial charge in [0, 0.05) is 74.0 Å². The van der Waals surface area contributed by atoms with E-state index in [4.69, 9.17) is 30.8 Å². The summed E-state index contributed by atoms with van der Waals surface area (Å²) in [5, 5.41) is 16.0. The molecular formula is C48H59ClN8O8S. The molecule has 2 saturated carbocycles. The number of allylic oxidation sites excluding steroid dienone is 1. The van der Waals surface area contributed by atoms with Crippen molar-refractivity contribution in [1.82, 2.24) is 19.6 Å². The van der Waals surface area contributed by atoms with Crippen LogP contribution in [0.1, 0.15) is 82.0 Å². The van der Waals surface area contributed by atoms with E-state index in [-0.39, 0.29) is 34.2 Å². The monoisotopic (exact) mass is 942 g/mol. The van der Waals surface area contributed by atoms with Crippen molar-refractivity contribution in [3.63, 3.8) is 0 Å². The number of benzene rings is 2. The largest absolute Gasteiger partial charge is 0.476 e. The van der Waals surface area contributed by atoms with E-state index in [0.29, 0.717) is 67.7 Å². The molecule has 352 valence electrons. The van der Waals surface area contributed by atoms with E-state index in [2.05, 4.69) is 38.7 Å². The predicted molar refractivity (Wildman–Crippen MR) is 254 cm³/mol. The molecular weight excluding hydrogens is 884 g/mol. The van der Waals surface area contributed by atoms with Gasteiger partial charge in [0.2, 0.25) is 5.88 Å². The number of fused-ring (bicyclic) bond motifs is 4. The summed E-state index contributed by atoms with van der Waals surface area (Å²) in [5.41, 5.74) is 6.39. The average Bonchev–Trinajstić information content (AvgIpc) is 3.97. The van der Waals surface area contributed by atoms with Crippen LogP contribution in [-0.2, 0) is 19.5 Å². The van der Waals surface area contributed by atoms with E-state index >= 15 is 0 Å². The van der Waals surface area contributed by atoms with E-state index in [1.54, 1.807) is 23.4 Å². The first-order valence-electron chi connectivity index (χ1n) is 23.4. The lowest BCUT2D eigenvalue weighted by Gasteiger charge is -2.43. The van der Waals surface area contributed by atoms with Crippen LogP contribution in [0.25, 0.3) is 11.0 Å². The standard InChI is InChI=1S/C48H59ClN8O8S/c1-46(2)10-8-33(38(27-46)47-11-13-48(49,31-47)14-12-47)29-54-17-19-55(20-18-54)34-4-6-37(40(25-34)56-16-3-21-65-45-42(56)24-32-9-15-50-43(32)52-45)44(58)53-66(61,62)36-5-7-39(41(26-36)57(59)60)51-28-35-30-63-22-23-64-35/h4-7,9,15,24-26,35,51H,3,8,10-14,16-23,27-31H2,1-2H3,(H,50,52)(H,53,58)/t35-,47?,48?/m0/s1. The highest BCUT2D eigenvalue weighted by molar-refractivity contribution is 7.90. The Morgan fingerprint density at radius 1 is 0.985 bits per heavy atom. The molecule has 2 saturated heterocycles. The smallest absolute Gasteiger partial charge is 0.293 e. The number of H-pyrrole nitrogens is 1. The lowest BCUT2D eigenvalue weighted by atomic mass is 9.64. The molecule has 2 bridgehead atoms. The van der Waals surface area contributed by atoms with Crippen LogP contribution in [0.3, 0.4) is 0 Å². The minimum absolute atomic E-state index is 0.0175. The summed E-state index contributed by atoms with van der Waals surface area (Å²) in [6, 6.07) is 12.9. The third kappa shape index (κ3) is 8.96. The number of nitrogens with one attached hydrogen (secondary N) is 3. The average molecular weight is 944 g/mol. The Balaban J connectivity index is 0.917. The molecule has 5 heterocycles. The van der Waals surface area contributed by atoms with Gasteiger partial charge in [-0.25, -0.2) is 13.1 Å². The van der Waals surface area contributed by atoms with Crippen LogP contribution in [0, 0.1) is 20.9 Å². The van der Waals surface area contributed by atoms with Crippen molar-refractivity contribution in [1.29, 1.82) is 0 Å². The number of piperazine rings is 1. The summed E-state index contributed by atoms with van der Waals surface area (Å²) in [5.74, 6) is -0.478. The molecule has 2 aromatic carbocycles. The summed E-state index contributed by atoms with van der Waals surface area (Å²) in [4.78, 5) is 40.3. The van der Waals surface area contributed by atoms with Crippen LogP contribution >= 0.6 is 11.6 Å². The number of pyridine rings is 1. The first-order chi connectivity index (χ1) is 31.7. The van der Waals surface area contributed by atoms with Crippen LogP contribution in [0.5, 0.6) is 5.88 Å². The maximum absolute atomic E-state index is 14.4. The molecule has 16 nitrogen and oxygen atoms in total. The van der Waals surface area contributed by atoms with Crippen molar-refractivity contribution < 1.29 is 32.3 Å². The number of aromatic amines is 1. The summed E-state index contributed by atoms with van der Waals surface area (Å²) in [7, 11) is -4.59. The quantitative estimate of drug-likeness (QED) is 0.0540. The first kappa shape index (κ1) is 44.9. The lowest BCUT2D eigenvalue weighted by molar-refractivity contribution is -0.384. The highest BCUT2D eigenvalue weighted by atomic mass is 35.5. The number of nitro groups is 1. The number of hydrogen-bond acceptors (Lipinski definition) is 13. The zero-order valence-corrected chi connectivity index (χ0v) is 39.3. The number of sulfonamides is 1. The number of carbonyl (C=O) groups excluding carboxylic acids is 1. The van der Waals surface area contributed by atoms with Crippen LogP contribution in [0.4, 0.5) is 28.4 Å². The summed E-state index contributed by atoms with van der Waals surface area (Å²) in [6.45, 7) is 11.4. The summed E-state index contributed by atoms with van der Waals surface area (Å²) in [6.07, 6.45) is 11.4. The molecule has 0 unspecified atom stereocenters. The fourth-order valence-electron chi connectivity index (χ4n) is 11.3. The fourth-order valence-corrected chi connectivity index (χ4v) is 12.7. The number of ether oxygens (including phenoxy) is 3. The highest BCUT2D eigenvalue weighted by Gasteiger charge is 2.56. The van der Waals surface area contributed by atoms with E-state index in [1.165, 1.54) is 31.4 Å². The number of nitrogens with zero attached hydrogens (tertiary/aromatic N) is 5. The molecule has 4 aromatic rings. The molecule has 10 rings (SSSR count). The van der Waals surface area contributed by atoms with Gasteiger partial charge in [0.1, 0.15) is 17.0 Å². The third-order valence-corrected chi connectivity index (χ3v) is 16.7. The van der Waals surface area contributed by atoms with Gasteiger partial charge in [-0.2, -0.15) is 4.98 Å². The Bertz CT molecular complexity index is 2670. The molecule has 3 aliphatic carbocycles. The molecule has 0 radical (unpaired) electrons. The van der Waals surface area contributed by atoms with E-state index < -0.39 is 31.4 Å². The molecule has 1 atom stereocenters. The highest BCUT2D eigenvalue weighted by Crippen LogP contribution is 2.65. The summed E-state index contributed by atoms with van der Waals surface area (Å²) >= 11 is 7.10. The van der Waals surface area contributed by atoms with E-state index in [0.717, 1.165) is 82.0 Å². The first-order valence-corrected chi connectivity index (χ1v) is 25.2. The van der Waals surface area contributed by atoms with E-state index in [9.17, 15) is 23.3 Å². The zero-order valence-electron chi connectivity index (χ0n) is 37.7. The van der Waals surface area contributed by atoms with Crippen molar-refractivity contribution in [2.45, 2.75) is 87.5 Å². The van der Waals surface area contributed by atoms with Gasteiger partial charge in [0.25, 0.3) is 21.6 Å². The Labute approximate surface area is 390 Å². The number of hydrogen-bond donors (Lipinski definition) is 3. The number of rotatable bonds is 12. The minimum atomic E-state index is -4.59. The molecule has 3 N–H and O–H groups in total. The number of nitro benzene ring substituents is 1. The Hall–Kier alpha value is -4.94. The second-order valence-corrected chi connectivity index (χ2v) is 22.4. The Morgan fingerprint density at radius 2 is 1.80 bits per heavy atom. The molecule has 4 fully saturated rings. The third-order valence-electron chi connectivity index (χ3n) is 14.9. The number of anilines is 4. The minimum Gasteiger partial charge on any atom is -0.476 e. The molecule has 18 heteroatoms. The lowest BCUT2D eigenvalue weighted by Crippen LogP contribution is -2.47. The van der Waals surface area contributed by atoms with Crippen LogP contribution in [0.2, 0.25) is 0 Å². The molecule has 6 aliphatic rings. The topological polar surface area (TPSA) is 185 Å². The molecule has 2 aromatic heterocycles. The number of alkyl halides is 1. The number of carbonyl (C=O) groups is 1. The SMILES string of the molecule is CC1(C)CCC(CN2CCN(c3ccc(C(=O)NS(=O)(=O)c4ccc(NC[C@H]5COCCO5)c([N+](=O)[O-])c4)c(N4CCCOc5nc6[nH]ccc6cc54)c3)CC2)=C(C23CCC(Cl)(CC2)C3)C1. The molecule has 0 spiro atoms. The molecule has 3 aliphatic heterocycles. The maximum Gasteiger partial charge on any atom is 0.293 e. The van der Waals surface area contributed by atoms with Crippen molar-refractivity contribution >= 4 is 67.0 Å². The number of halogens is 1. The molecule has 1 amide bonds. The Kier molecular flexibility index (Phi) is 12.0. The van der Waals surface area contributed by atoms with Crippen molar-refractivity contribution in [3.05, 3.63) is 81.6 Å².